The first-order chi connectivity index (χ1) is 6.72. The highest BCUT2D eigenvalue weighted by molar-refractivity contribution is 9.09. The Hall–Kier alpha value is 0.1000. The summed E-state index contributed by atoms with van der Waals surface area (Å²) in [6, 6.07) is 5.56. The van der Waals surface area contributed by atoms with Crippen LogP contribution < -0.4 is 4.74 Å². The van der Waals surface area contributed by atoms with Gasteiger partial charge in [0, 0.05) is 10.5 Å². The van der Waals surface area contributed by atoms with Crippen molar-refractivity contribution in [1.82, 2.24) is 0 Å². The van der Waals surface area contributed by atoms with Crippen LogP contribution in [0.25, 0.3) is 0 Å². The molecule has 2 nitrogen and oxygen atoms in total. The van der Waals surface area contributed by atoms with Gasteiger partial charge in [-0.25, -0.2) is 0 Å². The minimum absolute atomic E-state index is 0.0504. The normalized spacial score (nSPS) is 25.4. The van der Waals surface area contributed by atoms with E-state index in [9.17, 15) is 5.11 Å². The summed E-state index contributed by atoms with van der Waals surface area (Å²) in [6.07, 6.45) is -0.525. The highest BCUT2D eigenvalue weighted by atomic mass is 79.9. The quantitative estimate of drug-likeness (QED) is 0.807. The van der Waals surface area contributed by atoms with Crippen LogP contribution in [0.4, 0.5) is 0 Å². The lowest BCUT2D eigenvalue weighted by molar-refractivity contribution is 0.125. The van der Waals surface area contributed by atoms with Crippen LogP contribution >= 0.6 is 37.6 Å². The predicted octanol–water partition coefficient (Wildman–Crippen LogP) is 3.12. The fourth-order valence-electron chi connectivity index (χ4n) is 1.39. The van der Waals surface area contributed by atoms with Crippen LogP contribution in [0.15, 0.2) is 23.1 Å². The van der Waals surface area contributed by atoms with Crippen molar-refractivity contribution in [2.24, 2.45) is 0 Å². The van der Waals surface area contributed by atoms with Gasteiger partial charge in [-0.1, -0.05) is 15.9 Å². The van der Waals surface area contributed by atoms with Gasteiger partial charge in [-0.05, 0) is 39.9 Å². The predicted molar refractivity (Wildman–Crippen MR) is 61.3 cm³/mol. The molecule has 5 heteroatoms. The van der Waals surface area contributed by atoms with Gasteiger partial charge in [0.1, 0.15) is 12.4 Å². The van der Waals surface area contributed by atoms with Gasteiger partial charge in [-0.2, -0.15) is 0 Å². The van der Waals surface area contributed by atoms with Crippen molar-refractivity contribution in [3.05, 3.63) is 23.8 Å². The number of halogens is 2. The van der Waals surface area contributed by atoms with E-state index in [1.165, 1.54) is 0 Å². The zero-order valence-corrected chi connectivity index (χ0v) is 10.3. The lowest BCUT2D eigenvalue weighted by Crippen LogP contribution is -2.25. The molecular formula is C9H8BrClO2S. The summed E-state index contributed by atoms with van der Waals surface area (Å²) in [5.74, 6) is 0.739. The molecular weight excluding hydrogens is 288 g/mol. The Kier molecular flexibility index (Phi) is 3.27. The molecule has 76 valence electrons. The summed E-state index contributed by atoms with van der Waals surface area (Å²) in [5, 5.41) is 9.87. The molecule has 1 N–H and O–H groups in total. The van der Waals surface area contributed by atoms with Crippen LogP contribution in [-0.4, -0.2) is 16.5 Å². The Morgan fingerprint density at radius 1 is 1.57 bits per heavy atom. The summed E-state index contributed by atoms with van der Waals surface area (Å²) in [6.45, 7) is 0.488. The van der Waals surface area contributed by atoms with Crippen molar-refractivity contribution >= 4 is 37.6 Å². The average Bonchev–Trinajstić information content (AvgIpc) is 2.23. The second-order valence-corrected chi connectivity index (χ2v) is 5.31. The van der Waals surface area contributed by atoms with E-state index in [1.807, 2.05) is 18.2 Å². The number of rotatable bonds is 1. The molecule has 2 rings (SSSR count). The number of alkyl halides is 1. The minimum Gasteiger partial charge on any atom is -0.492 e. The molecule has 0 aliphatic carbocycles. The summed E-state index contributed by atoms with van der Waals surface area (Å²) in [7, 11) is 6.77. The molecule has 1 aliphatic rings. The zero-order valence-electron chi connectivity index (χ0n) is 7.11. The molecule has 14 heavy (non-hydrogen) atoms. The fourth-order valence-corrected chi connectivity index (χ4v) is 2.39. The van der Waals surface area contributed by atoms with E-state index < -0.39 is 6.10 Å². The molecule has 2 atom stereocenters. The second kappa shape index (κ2) is 4.31. The number of aliphatic hydroxyl groups is 1. The molecule has 1 heterocycles. The number of fused-ring (bicyclic) bond motifs is 1. The van der Waals surface area contributed by atoms with E-state index in [-0.39, 0.29) is 4.83 Å². The number of hydrogen-bond donors (Lipinski definition) is 1. The third-order valence-corrected chi connectivity index (χ3v) is 3.86. The summed E-state index contributed by atoms with van der Waals surface area (Å²) in [5.41, 5.74) is 0.795. The van der Waals surface area contributed by atoms with Crippen molar-refractivity contribution in [3.63, 3.8) is 0 Å². The number of ether oxygens (including phenoxy) is 1. The number of benzene rings is 1. The molecule has 1 aliphatic heterocycles. The Balaban J connectivity index is 2.41. The van der Waals surface area contributed by atoms with Gasteiger partial charge in [0.2, 0.25) is 0 Å². The third kappa shape index (κ3) is 1.89. The minimum atomic E-state index is -0.525. The lowest BCUT2D eigenvalue weighted by atomic mass is 10.0. The van der Waals surface area contributed by atoms with Crippen LogP contribution in [0.2, 0.25) is 0 Å². The SMILES string of the molecule is OC1c2cc(SCl)ccc2OCC1Br. The van der Waals surface area contributed by atoms with Crippen LogP contribution in [-0.2, 0) is 0 Å². The second-order valence-electron chi connectivity index (χ2n) is 3.05. The fraction of sp³-hybridized carbons (Fsp3) is 0.333. The largest absolute Gasteiger partial charge is 0.492 e. The van der Waals surface area contributed by atoms with E-state index in [1.54, 1.807) is 0 Å². The van der Waals surface area contributed by atoms with E-state index >= 15 is 0 Å². The van der Waals surface area contributed by atoms with E-state index in [0.717, 1.165) is 27.2 Å². The Morgan fingerprint density at radius 2 is 2.36 bits per heavy atom. The average molecular weight is 296 g/mol. The topological polar surface area (TPSA) is 29.5 Å². The molecule has 1 aromatic carbocycles. The van der Waals surface area contributed by atoms with Gasteiger partial charge < -0.3 is 9.84 Å². The zero-order chi connectivity index (χ0) is 10.1. The molecule has 2 unspecified atom stereocenters. The molecule has 0 saturated carbocycles. The molecule has 0 amide bonds. The first-order valence-electron chi connectivity index (χ1n) is 4.10. The van der Waals surface area contributed by atoms with E-state index in [0.29, 0.717) is 6.61 Å². The van der Waals surface area contributed by atoms with Gasteiger partial charge in [0.05, 0.1) is 10.9 Å². The van der Waals surface area contributed by atoms with Crippen LogP contribution in [0.3, 0.4) is 0 Å². The maximum Gasteiger partial charge on any atom is 0.125 e. The Morgan fingerprint density at radius 3 is 3.07 bits per heavy atom. The van der Waals surface area contributed by atoms with Crippen LogP contribution in [0.5, 0.6) is 5.75 Å². The third-order valence-electron chi connectivity index (χ3n) is 2.13. The molecule has 1 aromatic rings. The standard InChI is InChI=1S/C9H8BrClO2S/c10-7-4-13-8-2-1-5(14-11)3-6(8)9(7)12/h1-3,7,9,12H,4H2. The van der Waals surface area contributed by atoms with Crippen molar-refractivity contribution < 1.29 is 9.84 Å². The van der Waals surface area contributed by atoms with Gasteiger partial charge in [-0.15, -0.1) is 0 Å². The lowest BCUT2D eigenvalue weighted by Gasteiger charge is -2.26. The first-order valence-corrected chi connectivity index (χ1v) is 6.65. The van der Waals surface area contributed by atoms with Gasteiger partial charge in [0.15, 0.2) is 0 Å². The van der Waals surface area contributed by atoms with Crippen LogP contribution in [0.1, 0.15) is 11.7 Å². The van der Waals surface area contributed by atoms with Gasteiger partial charge in [-0.3, -0.25) is 0 Å². The maximum absolute atomic E-state index is 9.87. The highest BCUT2D eigenvalue weighted by Crippen LogP contribution is 2.38. The van der Waals surface area contributed by atoms with Crippen molar-refractivity contribution in [2.45, 2.75) is 15.8 Å². The Labute approximate surface area is 99.2 Å². The van der Waals surface area contributed by atoms with E-state index in [4.69, 9.17) is 15.4 Å². The van der Waals surface area contributed by atoms with Crippen molar-refractivity contribution in [2.75, 3.05) is 6.61 Å². The van der Waals surface area contributed by atoms with Crippen molar-refractivity contribution in [3.8, 4) is 5.75 Å². The highest BCUT2D eigenvalue weighted by Gasteiger charge is 2.27. The summed E-state index contributed by atoms with van der Waals surface area (Å²) < 4.78 is 5.45. The van der Waals surface area contributed by atoms with Crippen LogP contribution in [0, 0.1) is 0 Å². The molecule has 0 aromatic heterocycles. The van der Waals surface area contributed by atoms with Gasteiger partial charge >= 0.3 is 0 Å². The molecule has 0 radical (unpaired) electrons. The monoisotopic (exact) mass is 294 g/mol. The Bertz CT molecular complexity index is 348. The van der Waals surface area contributed by atoms with E-state index in [2.05, 4.69) is 15.9 Å². The summed E-state index contributed by atoms with van der Waals surface area (Å²) in [4.78, 5) is 0.861. The number of aliphatic hydroxyl groups excluding tert-OH is 1. The first kappa shape index (κ1) is 10.6. The molecule has 0 saturated heterocycles. The maximum atomic E-state index is 9.87. The van der Waals surface area contributed by atoms with Gasteiger partial charge in [0.25, 0.3) is 0 Å². The van der Waals surface area contributed by atoms with Crippen molar-refractivity contribution in [1.29, 1.82) is 0 Å². The molecule has 0 bridgehead atoms. The number of hydrogen-bond acceptors (Lipinski definition) is 3. The summed E-state index contributed by atoms with van der Waals surface area (Å²) >= 11 is 3.36. The molecule has 0 fully saturated rings. The smallest absolute Gasteiger partial charge is 0.125 e. The molecule has 0 spiro atoms.